The van der Waals surface area contributed by atoms with Gasteiger partial charge in [0, 0.05) is 12.1 Å². The number of fused-ring (bicyclic) bond motifs is 1. The lowest BCUT2D eigenvalue weighted by Crippen LogP contribution is -2.32. The molecule has 0 unspecified atom stereocenters. The molecule has 1 N–H and O–H groups in total. The van der Waals surface area contributed by atoms with Gasteiger partial charge in [-0.1, -0.05) is 13.8 Å². The summed E-state index contributed by atoms with van der Waals surface area (Å²) >= 11 is 0. The van der Waals surface area contributed by atoms with E-state index in [0.717, 1.165) is 10.4 Å². The highest BCUT2D eigenvalue weighted by Gasteiger charge is 2.16. The lowest BCUT2D eigenvalue weighted by molar-refractivity contribution is -0.117. The van der Waals surface area contributed by atoms with Gasteiger partial charge in [0.05, 0.1) is 5.69 Å². The van der Waals surface area contributed by atoms with Crippen LogP contribution < -0.4 is 10.9 Å². The number of anilines is 1. The molecule has 0 aliphatic carbocycles. The molecule has 0 saturated heterocycles. The molecule has 3 rings (SSSR count). The van der Waals surface area contributed by atoms with Crippen molar-refractivity contribution in [2.45, 2.75) is 33.2 Å². The SMILES string of the molecule is Cc1cc2c(=O)n(CC(=O)Nc3ccncn3)nc(C(C)C)n2n1. The van der Waals surface area contributed by atoms with Crippen molar-refractivity contribution in [2.75, 3.05) is 5.32 Å². The number of amides is 1. The van der Waals surface area contributed by atoms with Crippen LogP contribution in [0.2, 0.25) is 0 Å². The third-order valence-electron chi connectivity index (χ3n) is 3.38. The number of hydrogen-bond donors (Lipinski definition) is 1. The van der Waals surface area contributed by atoms with Gasteiger partial charge in [-0.15, -0.1) is 0 Å². The summed E-state index contributed by atoms with van der Waals surface area (Å²) in [4.78, 5) is 32.4. The van der Waals surface area contributed by atoms with Crippen molar-refractivity contribution in [3.63, 3.8) is 0 Å². The fourth-order valence-corrected chi connectivity index (χ4v) is 2.32. The van der Waals surface area contributed by atoms with Gasteiger partial charge in [-0.05, 0) is 19.1 Å². The smallest absolute Gasteiger partial charge is 0.293 e. The maximum atomic E-state index is 12.5. The van der Waals surface area contributed by atoms with E-state index in [-0.39, 0.29) is 18.0 Å². The molecule has 9 heteroatoms. The van der Waals surface area contributed by atoms with Crippen LogP contribution >= 0.6 is 0 Å². The lowest BCUT2D eigenvalue weighted by atomic mass is 10.2. The van der Waals surface area contributed by atoms with Crippen molar-refractivity contribution in [2.24, 2.45) is 0 Å². The Bertz CT molecular complexity index is 944. The Morgan fingerprint density at radius 3 is 2.79 bits per heavy atom. The number of hydrogen-bond acceptors (Lipinski definition) is 6. The van der Waals surface area contributed by atoms with E-state index in [0.29, 0.717) is 17.2 Å². The maximum Gasteiger partial charge on any atom is 0.293 e. The Morgan fingerprint density at radius 2 is 2.12 bits per heavy atom. The largest absolute Gasteiger partial charge is 0.309 e. The second-order valence-corrected chi connectivity index (χ2v) is 5.70. The molecule has 9 nitrogen and oxygen atoms in total. The van der Waals surface area contributed by atoms with E-state index in [1.807, 2.05) is 20.8 Å². The first kappa shape index (κ1) is 15.8. The zero-order valence-electron chi connectivity index (χ0n) is 13.6. The van der Waals surface area contributed by atoms with Gasteiger partial charge in [0.2, 0.25) is 5.91 Å². The first-order valence-corrected chi connectivity index (χ1v) is 7.49. The molecule has 124 valence electrons. The molecule has 24 heavy (non-hydrogen) atoms. The van der Waals surface area contributed by atoms with Gasteiger partial charge in [0.25, 0.3) is 5.56 Å². The number of rotatable bonds is 4. The van der Waals surface area contributed by atoms with E-state index in [1.54, 1.807) is 16.6 Å². The van der Waals surface area contributed by atoms with Gasteiger partial charge in [0.15, 0.2) is 5.82 Å². The lowest BCUT2D eigenvalue weighted by Gasteiger charge is -2.11. The third-order valence-corrected chi connectivity index (χ3v) is 3.38. The first-order chi connectivity index (χ1) is 11.5. The van der Waals surface area contributed by atoms with Crippen molar-refractivity contribution in [1.82, 2.24) is 29.4 Å². The molecule has 0 atom stereocenters. The number of nitrogens with one attached hydrogen (secondary N) is 1. The normalized spacial score (nSPS) is 11.2. The van der Waals surface area contributed by atoms with Gasteiger partial charge in [-0.3, -0.25) is 9.59 Å². The summed E-state index contributed by atoms with van der Waals surface area (Å²) in [5.74, 6) is 0.642. The number of aryl methyl sites for hydroxylation is 1. The average Bonchev–Trinajstić information content (AvgIpc) is 2.92. The maximum absolute atomic E-state index is 12.5. The quantitative estimate of drug-likeness (QED) is 0.758. The number of carbonyl (C=O) groups excluding carboxylic acids is 1. The minimum atomic E-state index is -0.390. The molecular weight excluding hydrogens is 310 g/mol. The van der Waals surface area contributed by atoms with E-state index in [4.69, 9.17) is 0 Å². The molecule has 0 fully saturated rings. The number of aromatic nitrogens is 6. The summed E-state index contributed by atoms with van der Waals surface area (Å²) in [7, 11) is 0. The van der Waals surface area contributed by atoms with Crippen molar-refractivity contribution < 1.29 is 4.79 Å². The molecule has 0 aliphatic heterocycles. The monoisotopic (exact) mass is 327 g/mol. The van der Waals surface area contributed by atoms with Crippen LogP contribution in [0.25, 0.3) is 5.52 Å². The topological polar surface area (TPSA) is 107 Å². The molecule has 0 aromatic carbocycles. The summed E-state index contributed by atoms with van der Waals surface area (Å²) in [5, 5.41) is 11.2. The standard InChI is InChI=1S/C15H17N7O2/c1-9(2)14-20-21(15(24)11-6-10(3)19-22(11)14)7-13(23)18-12-4-5-16-8-17-12/h4-6,8-9H,7H2,1-3H3,(H,16,17,18,23). The predicted octanol–water partition coefficient (Wildman–Crippen LogP) is 0.752. The van der Waals surface area contributed by atoms with Crippen molar-refractivity contribution in [3.8, 4) is 0 Å². The Morgan fingerprint density at radius 1 is 1.33 bits per heavy atom. The van der Waals surface area contributed by atoms with Gasteiger partial charge in [-0.25, -0.2) is 19.2 Å². The van der Waals surface area contributed by atoms with Gasteiger partial charge in [0.1, 0.15) is 24.2 Å². The minimum absolute atomic E-state index is 0.0450. The van der Waals surface area contributed by atoms with E-state index in [2.05, 4.69) is 25.5 Å². The Kier molecular flexibility index (Phi) is 4.07. The van der Waals surface area contributed by atoms with Crippen LogP contribution in [0.4, 0.5) is 5.82 Å². The minimum Gasteiger partial charge on any atom is -0.309 e. The highest BCUT2D eigenvalue weighted by Crippen LogP contribution is 2.12. The molecule has 0 bridgehead atoms. The molecule has 0 aliphatic rings. The summed E-state index contributed by atoms with van der Waals surface area (Å²) in [6, 6.07) is 3.26. The third kappa shape index (κ3) is 3.00. The fourth-order valence-electron chi connectivity index (χ4n) is 2.32. The van der Waals surface area contributed by atoms with Crippen LogP contribution in [0.1, 0.15) is 31.3 Å². The number of carbonyl (C=O) groups is 1. The Hall–Kier alpha value is -3.10. The van der Waals surface area contributed by atoms with Gasteiger partial charge >= 0.3 is 0 Å². The zero-order chi connectivity index (χ0) is 17.3. The Balaban J connectivity index is 1.96. The van der Waals surface area contributed by atoms with Gasteiger partial charge in [-0.2, -0.15) is 10.2 Å². The molecule has 0 saturated carbocycles. The second kappa shape index (κ2) is 6.19. The van der Waals surface area contributed by atoms with Crippen molar-refractivity contribution in [3.05, 3.63) is 46.5 Å². The predicted molar refractivity (Wildman–Crippen MR) is 86.7 cm³/mol. The molecule has 0 radical (unpaired) electrons. The summed E-state index contributed by atoms with van der Waals surface area (Å²) in [6.45, 7) is 5.51. The highest BCUT2D eigenvalue weighted by molar-refractivity contribution is 5.89. The van der Waals surface area contributed by atoms with Crippen LogP contribution in [0.3, 0.4) is 0 Å². The van der Waals surface area contributed by atoms with E-state index >= 15 is 0 Å². The Labute approximate surface area is 137 Å². The van der Waals surface area contributed by atoms with Gasteiger partial charge < -0.3 is 5.32 Å². The second-order valence-electron chi connectivity index (χ2n) is 5.70. The molecular formula is C15H17N7O2. The molecule has 3 aromatic rings. The number of nitrogens with zero attached hydrogens (tertiary/aromatic N) is 6. The van der Waals surface area contributed by atoms with Crippen molar-refractivity contribution >= 4 is 17.2 Å². The van der Waals surface area contributed by atoms with Crippen LogP contribution in [0, 0.1) is 6.92 Å². The molecule has 3 aromatic heterocycles. The fraction of sp³-hybridized carbons (Fsp3) is 0.333. The molecule has 0 spiro atoms. The van der Waals surface area contributed by atoms with Crippen LogP contribution in [-0.2, 0) is 11.3 Å². The van der Waals surface area contributed by atoms with E-state index < -0.39 is 5.91 Å². The summed E-state index contributed by atoms with van der Waals surface area (Å²) in [5.41, 5.74) is 0.762. The van der Waals surface area contributed by atoms with Crippen LogP contribution in [-0.4, -0.2) is 35.3 Å². The summed E-state index contributed by atoms with van der Waals surface area (Å²) < 4.78 is 2.70. The zero-order valence-corrected chi connectivity index (χ0v) is 13.6. The van der Waals surface area contributed by atoms with Crippen LogP contribution in [0.5, 0.6) is 0 Å². The average molecular weight is 327 g/mol. The first-order valence-electron chi connectivity index (χ1n) is 7.49. The summed E-state index contributed by atoms with van der Waals surface area (Å²) in [6.07, 6.45) is 2.85. The highest BCUT2D eigenvalue weighted by atomic mass is 16.2. The molecule has 3 heterocycles. The van der Waals surface area contributed by atoms with E-state index in [9.17, 15) is 9.59 Å². The van der Waals surface area contributed by atoms with E-state index in [1.165, 1.54) is 12.5 Å². The van der Waals surface area contributed by atoms with Crippen LogP contribution in [0.15, 0.2) is 29.5 Å². The van der Waals surface area contributed by atoms with Crippen molar-refractivity contribution in [1.29, 1.82) is 0 Å². The molecule has 1 amide bonds.